The van der Waals surface area contributed by atoms with E-state index in [1.54, 1.807) is 0 Å². The van der Waals surface area contributed by atoms with Gasteiger partial charge in [-0.2, -0.15) is 10.2 Å². The zero-order valence-corrected chi connectivity index (χ0v) is 20.5. The fourth-order valence-electron chi connectivity index (χ4n) is 2.89. The summed E-state index contributed by atoms with van der Waals surface area (Å²) in [5.41, 5.74) is 8.16. The number of morpholine rings is 1. The summed E-state index contributed by atoms with van der Waals surface area (Å²) in [6.45, 7) is 9.84. The van der Waals surface area contributed by atoms with Crippen LogP contribution in [0, 0.1) is 0 Å². The molecule has 1 aromatic rings. The summed E-state index contributed by atoms with van der Waals surface area (Å²) in [4.78, 5) is 10.6. The fourth-order valence-corrected chi connectivity index (χ4v) is 3.24. The van der Waals surface area contributed by atoms with E-state index in [-0.39, 0.29) is 23.2 Å². The molecule has 31 heavy (non-hydrogen) atoms. The fraction of sp³-hybridized carbons (Fsp3) is 0.500. The van der Waals surface area contributed by atoms with Crippen LogP contribution in [0.5, 0.6) is 0 Å². The Balaban J connectivity index is 0.00000480. The Labute approximate surface area is 206 Å². The van der Waals surface area contributed by atoms with Crippen molar-refractivity contribution < 1.29 is 21.8 Å². The summed E-state index contributed by atoms with van der Waals surface area (Å²) in [6, 6.07) is 10.4. The third kappa shape index (κ3) is 10.0. The Morgan fingerprint density at radius 3 is 2.29 bits per heavy atom. The molecule has 1 aliphatic heterocycles. The van der Waals surface area contributed by atoms with Crippen molar-refractivity contribution >= 4 is 47.0 Å². The monoisotopic (exact) mass is 510 g/mol. The second kappa shape index (κ2) is 15.2. The van der Waals surface area contributed by atoms with Gasteiger partial charge in [-0.15, -0.1) is 0 Å². The van der Waals surface area contributed by atoms with Gasteiger partial charge in [0, 0.05) is 32.7 Å². The standard InChI is InChI=1S/C20H31N7OS2.Cu/c1-4-21-19(29)25-23-15(3)18(24-26-20(30)22-5-2)17-14-27(11-12-28-17)13-16-9-7-6-8-10-16;/h6-10,17H,4-5,11-14H2,1-3H3,(H2,21,25,29)(H2,22,26,30);/q;+2/p-2/b23-15+,24-18-;/t17-;/m0./s1. The SMILES string of the molecule is CCN=C([S-])N/N=C(/C(C)=N/NC([S-])=NCC)[C@@H]1CN(Cc2ccccc2)CCO1.[Cu+2]. The molecule has 0 spiro atoms. The first-order chi connectivity index (χ1) is 14.5. The maximum atomic E-state index is 6.02. The van der Waals surface area contributed by atoms with Gasteiger partial charge in [0.2, 0.25) is 0 Å². The zero-order chi connectivity index (χ0) is 21.8. The minimum atomic E-state index is -0.262. The minimum absolute atomic E-state index is 0. The van der Waals surface area contributed by atoms with Crippen molar-refractivity contribution in [3.63, 3.8) is 0 Å². The first-order valence-corrected chi connectivity index (χ1v) is 10.8. The van der Waals surface area contributed by atoms with Gasteiger partial charge in [-0.25, -0.2) is 0 Å². The molecule has 2 rings (SSSR count). The summed E-state index contributed by atoms with van der Waals surface area (Å²) >= 11 is 10.3. The Morgan fingerprint density at radius 2 is 1.68 bits per heavy atom. The number of nitrogens with zero attached hydrogens (tertiary/aromatic N) is 5. The number of aliphatic imine (C=N–C) groups is 2. The maximum absolute atomic E-state index is 6.02. The Kier molecular flexibility index (Phi) is 13.5. The van der Waals surface area contributed by atoms with Crippen molar-refractivity contribution in [3.05, 3.63) is 35.9 Å². The van der Waals surface area contributed by atoms with Crippen LogP contribution in [0.3, 0.4) is 0 Å². The van der Waals surface area contributed by atoms with Crippen LogP contribution in [0.15, 0.2) is 50.5 Å². The van der Waals surface area contributed by atoms with Crippen LogP contribution in [0.2, 0.25) is 0 Å². The normalized spacial score (nSPS) is 19.0. The largest absolute Gasteiger partial charge is 2.00 e. The van der Waals surface area contributed by atoms with Crippen LogP contribution < -0.4 is 10.9 Å². The molecule has 1 fully saturated rings. The molecular formula is C20H29CuN7OS2. The second-order valence-electron chi connectivity index (χ2n) is 6.56. The van der Waals surface area contributed by atoms with E-state index < -0.39 is 0 Å². The predicted molar refractivity (Wildman–Crippen MR) is 129 cm³/mol. The van der Waals surface area contributed by atoms with Gasteiger partial charge >= 0.3 is 17.1 Å². The number of benzene rings is 1. The van der Waals surface area contributed by atoms with Gasteiger partial charge in [0.25, 0.3) is 0 Å². The van der Waals surface area contributed by atoms with E-state index >= 15 is 0 Å². The molecule has 1 atom stereocenters. The van der Waals surface area contributed by atoms with Crippen LogP contribution >= 0.6 is 0 Å². The average molecular weight is 511 g/mol. The van der Waals surface area contributed by atoms with E-state index in [0.29, 0.717) is 48.0 Å². The molecule has 1 aliphatic rings. The molecule has 8 nitrogen and oxygen atoms in total. The zero-order valence-electron chi connectivity index (χ0n) is 18.0. The summed E-state index contributed by atoms with van der Waals surface area (Å²) in [5, 5.41) is 9.46. The van der Waals surface area contributed by atoms with Gasteiger partial charge in [0.05, 0.1) is 12.3 Å². The van der Waals surface area contributed by atoms with Gasteiger partial charge < -0.3 is 30.0 Å². The smallest absolute Gasteiger partial charge is 0.741 e. The Bertz CT molecular complexity index is 787. The molecule has 0 bridgehead atoms. The van der Waals surface area contributed by atoms with Crippen molar-refractivity contribution in [2.24, 2.45) is 20.2 Å². The van der Waals surface area contributed by atoms with Gasteiger partial charge in [0.1, 0.15) is 11.8 Å². The topological polar surface area (TPSA) is 86.0 Å². The first kappa shape index (κ1) is 27.4. The second-order valence-corrected chi connectivity index (χ2v) is 7.33. The molecule has 11 heteroatoms. The van der Waals surface area contributed by atoms with Crippen LogP contribution in [-0.4, -0.2) is 65.5 Å². The van der Waals surface area contributed by atoms with E-state index in [9.17, 15) is 0 Å². The number of hydrogen-bond donors (Lipinski definition) is 2. The van der Waals surface area contributed by atoms with Crippen molar-refractivity contribution in [1.82, 2.24) is 15.8 Å². The van der Waals surface area contributed by atoms with Crippen LogP contribution in [0.1, 0.15) is 26.3 Å². The molecule has 1 heterocycles. The Morgan fingerprint density at radius 1 is 1.06 bits per heavy atom. The summed E-state index contributed by atoms with van der Waals surface area (Å²) in [5.74, 6) is 0. The Hall–Kier alpha value is -1.62. The number of rotatable bonds is 8. The molecule has 1 aromatic carbocycles. The number of hydrogen-bond acceptors (Lipinski definition) is 8. The molecule has 1 radical (unpaired) electrons. The summed E-state index contributed by atoms with van der Waals surface area (Å²) < 4.78 is 6.02. The molecule has 0 aromatic heterocycles. The molecule has 0 unspecified atom stereocenters. The molecule has 0 aliphatic carbocycles. The average Bonchev–Trinajstić information content (AvgIpc) is 2.74. The van der Waals surface area contributed by atoms with Gasteiger partial charge in [-0.05, 0) is 36.7 Å². The molecule has 0 amide bonds. The van der Waals surface area contributed by atoms with Crippen molar-refractivity contribution in [1.29, 1.82) is 0 Å². The van der Waals surface area contributed by atoms with Gasteiger partial charge in [-0.3, -0.25) is 25.7 Å². The first-order valence-electron chi connectivity index (χ1n) is 9.98. The third-order valence-electron chi connectivity index (χ3n) is 4.27. The third-order valence-corrected chi connectivity index (χ3v) is 4.71. The molecular weight excluding hydrogens is 482 g/mol. The van der Waals surface area contributed by atoms with E-state index in [2.05, 4.69) is 60.2 Å². The van der Waals surface area contributed by atoms with Crippen molar-refractivity contribution in [2.75, 3.05) is 32.8 Å². The van der Waals surface area contributed by atoms with Crippen LogP contribution in [0.4, 0.5) is 0 Å². The summed E-state index contributed by atoms with van der Waals surface area (Å²) in [7, 11) is 0. The van der Waals surface area contributed by atoms with Gasteiger partial charge in [-0.1, -0.05) is 30.3 Å². The van der Waals surface area contributed by atoms with E-state index in [0.717, 1.165) is 13.1 Å². The quantitative estimate of drug-likeness (QED) is 0.182. The van der Waals surface area contributed by atoms with E-state index in [4.69, 9.17) is 30.0 Å². The minimum Gasteiger partial charge on any atom is -0.741 e. The van der Waals surface area contributed by atoms with E-state index in [1.165, 1.54) is 5.56 Å². The van der Waals surface area contributed by atoms with Crippen LogP contribution in [-0.2, 0) is 53.6 Å². The molecule has 2 N–H and O–H groups in total. The van der Waals surface area contributed by atoms with Crippen molar-refractivity contribution in [3.8, 4) is 0 Å². The van der Waals surface area contributed by atoms with Gasteiger partial charge in [0.15, 0.2) is 0 Å². The van der Waals surface area contributed by atoms with E-state index in [1.807, 2.05) is 26.8 Å². The molecule has 0 saturated carbocycles. The maximum Gasteiger partial charge on any atom is 2.00 e. The number of hydrazone groups is 2. The number of nitrogens with one attached hydrogen (secondary N) is 2. The molecule has 1 saturated heterocycles. The van der Waals surface area contributed by atoms with Crippen LogP contribution in [0.25, 0.3) is 0 Å². The number of ether oxygens (including phenoxy) is 1. The predicted octanol–water partition coefficient (Wildman–Crippen LogP) is 1.64. The number of amidine groups is 2. The van der Waals surface area contributed by atoms with Crippen molar-refractivity contribution in [2.45, 2.75) is 33.4 Å². The summed E-state index contributed by atoms with van der Waals surface area (Å²) in [6.07, 6.45) is -0.262. The molecule has 173 valence electrons.